The smallest absolute Gasteiger partial charge is 0.278 e. The number of pyridine rings is 1. The molecule has 3 fully saturated rings. The average molecular weight is 438 g/mol. The molecular weight excluding hydrogens is 406 g/mol. The number of amides is 1. The molecule has 4 rings (SSSR count). The van der Waals surface area contributed by atoms with E-state index >= 15 is 0 Å². The number of ether oxygens (including phenoxy) is 2. The molecular formula is C21H31N3O5S. The van der Waals surface area contributed by atoms with E-state index in [1.54, 1.807) is 33.4 Å². The SMILES string of the molecule is COc1cncc(CN2C[C@H]3[C@H](C2)[S+](=O)([O-])C(C)(C)C(=O)N3CC2CCOCC2)c1. The van der Waals surface area contributed by atoms with E-state index in [0.29, 0.717) is 51.1 Å². The minimum Gasteiger partial charge on any atom is -0.614 e. The number of hydrogen-bond donors (Lipinski definition) is 0. The molecule has 30 heavy (non-hydrogen) atoms. The molecule has 0 radical (unpaired) electrons. The molecule has 0 aromatic carbocycles. The molecule has 3 atom stereocenters. The monoisotopic (exact) mass is 437 g/mol. The Kier molecular flexibility index (Phi) is 5.91. The zero-order chi connectivity index (χ0) is 21.5. The second kappa shape index (κ2) is 8.18. The average Bonchev–Trinajstić information content (AvgIpc) is 3.16. The highest BCUT2D eigenvalue weighted by Crippen LogP contribution is 2.41. The fourth-order valence-corrected chi connectivity index (χ4v) is 7.08. The number of methoxy groups -OCH3 is 1. The Morgan fingerprint density at radius 3 is 2.73 bits per heavy atom. The third-order valence-corrected chi connectivity index (χ3v) is 9.66. The lowest BCUT2D eigenvalue weighted by atomic mass is 9.97. The van der Waals surface area contributed by atoms with Gasteiger partial charge < -0.3 is 18.9 Å². The molecule has 4 heterocycles. The highest BCUT2D eigenvalue weighted by Gasteiger charge is 2.63. The maximum atomic E-state index is 13.3. The van der Waals surface area contributed by atoms with Gasteiger partial charge in [-0.1, -0.05) is 0 Å². The fourth-order valence-electron chi connectivity index (χ4n) is 4.91. The molecule has 0 bridgehead atoms. The van der Waals surface area contributed by atoms with Gasteiger partial charge in [0.2, 0.25) is 4.75 Å². The van der Waals surface area contributed by atoms with Gasteiger partial charge in [-0.15, -0.1) is 4.21 Å². The van der Waals surface area contributed by atoms with Crippen LogP contribution in [0, 0.1) is 5.92 Å². The van der Waals surface area contributed by atoms with Crippen molar-refractivity contribution < 1.29 is 23.0 Å². The third kappa shape index (κ3) is 3.77. The first kappa shape index (κ1) is 21.7. The number of fused-ring (bicyclic) bond motifs is 1. The van der Waals surface area contributed by atoms with Crippen LogP contribution in [0.1, 0.15) is 32.3 Å². The highest BCUT2D eigenvalue weighted by molar-refractivity contribution is 8.00. The van der Waals surface area contributed by atoms with Crippen molar-refractivity contribution in [3.8, 4) is 5.75 Å². The van der Waals surface area contributed by atoms with Crippen LogP contribution in [0.25, 0.3) is 0 Å². The first-order valence-corrected chi connectivity index (χ1v) is 12.1. The van der Waals surface area contributed by atoms with Crippen LogP contribution in [0.2, 0.25) is 0 Å². The normalized spacial score (nSPS) is 32.3. The number of sulfone groups is 1. The van der Waals surface area contributed by atoms with Crippen molar-refractivity contribution in [3.05, 3.63) is 24.0 Å². The number of carbonyl (C=O) groups is 1. The summed E-state index contributed by atoms with van der Waals surface area (Å²) in [6, 6.07) is 1.61. The van der Waals surface area contributed by atoms with Gasteiger partial charge in [0.15, 0.2) is 5.25 Å². The number of likely N-dealkylation sites (tertiary alicyclic amines) is 1. The summed E-state index contributed by atoms with van der Waals surface area (Å²) in [7, 11) is -2.00. The van der Waals surface area contributed by atoms with E-state index in [9.17, 15) is 13.6 Å². The maximum Gasteiger partial charge on any atom is 0.278 e. The molecule has 9 heteroatoms. The summed E-state index contributed by atoms with van der Waals surface area (Å²) >= 11 is 0. The summed E-state index contributed by atoms with van der Waals surface area (Å²) in [5.74, 6) is 0.769. The van der Waals surface area contributed by atoms with Gasteiger partial charge in [-0.25, -0.2) is 0 Å². The molecule has 166 valence electrons. The van der Waals surface area contributed by atoms with Crippen LogP contribution < -0.4 is 4.74 Å². The molecule has 3 saturated heterocycles. The minimum absolute atomic E-state index is 0.264. The van der Waals surface area contributed by atoms with Crippen molar-refractivity contribution in [3.63, 3.8) is 0 Å². The Bertz CT molecular complexity index is 842. The summed E-state index contributed by atoms with van der Waals surface area (Å²) in [5, 5.41) is -0.566. The lowest BCUT2D eigenvalue weighted by Crippen LogP contribution is -2.68. The van der Waals surface area contributed by atoms with Gasteiger partial charge in [0.1, 0.15) is 5.75 Å². The number of rotatable bonds is 5. The van der Waals surface area contributed by atoms with Gasteiger partial charge in [-0.05, 0) is 44.2 Å². The quantitative estimate of drug-likeness (QED) is 0.641. The molecule has 1 aromatic rings. The summed E-state index contributed by atoms with van der Waals surface area (Å²) < 4.78 is 36.0. The van der Waals surface area contributed by atoms with E-state index in [4.69, 9.17) is 9.47 Å². The van der Waals surface area contributed by atoms with Crippen LogP contribution in [0.3, 0.4) is 0 Å². The molecule has 0 spiro atoms. The first-order chi connectivity index (χ1) is 14.2. The number of carbonyl (C=O) groups excluding carboxylic acids is 1. The fraction of sp³-hybridized carbons (Fsp3) is 0.714. The second-order valence-corrected chi connectivity index (χ2v) is 11.8. The van der Waals surface area contributed by atoms with Crippen molar-refractivity contribution in [2.45, 2.75) is 49.3 Å². The van der Waals surface area contributed by atoms with Crippen molar-refractivity contribution in [1.29, 1.82) is 0 Å². The second-order valence-electron chi connectivity index (χ2n) is 9.10. The van der Waals surface area contributed by atoms with Crippen LogP contribution >= 0.6 is 0 Å². The third-order valence-electron chi connectivity index (χ3n) is 6.81. The van der Waals surface area contributed by atoms with Crippen LogP contribution in [0.4, 0.5) is 0 Å². The zero-order valence-electron chi connectivity index (χ0n) is 17.9. The Morgan fingerprint density at radius 2 is 2.03 bits per heavy atom. The lowest BCUT2D eigenvalue weighted by Gasteiger charge is -2.48. The van der Waals surface area contributed by atoms with Gasteiger partial charge in [-0.3, -0.25) is 14.7 Å². The lowest BCUT2D eigenvalue weighted by molar-refractivity contribution is -0.137. The summed E-state index contributed by atoms with van der Waals surface area (Å²) in [6.07, 6.45) is 5.24. The Labute approximate surface area is 179 Å². The van der Waals surface area contributed by atoms with Crippen molar-refractivity contribution in [2.75, 3.05) is 40.0 Å². The van der Waals surface area contributed by atoms with Gasteiger partial charge in [0, 0.05) is 45.6 Å². The maximum absolute atomic E-state index is 13.3. The number of nitrogens with zero attached hydrogens (tertiary/aromatic N) is 3. The van der Waals surface area contributed by atoms with E-state index in [1.807, 2.05) is 11.0 Å². The van der Waals surface area contributed by atoms with Crippen molar-refractivity contribution in [1.82, 2.24) is 14.8 Å². The van der Waals surface area contributed by atoms with Crippen LogP contribution in [0.5, 0.6) is 5.75 Å². The topological polar surface area (TPSA) is 95.0 Å². The summed E-state index contributed by atoms with van der Waals surface area (Å²) in [6.45, 7) is 6.69. The summed E-state index contributed by atoms with van der Waals surface area (Å²) in [5.41, 5.74) is 0.965. The standard InChI is InChI=1S/C21H31N3O5S/c1-21(2)20(25)24(12-15-4-6-29-7-5-15)18-13-23(14-19(18)30(21,26)27)11-16-8-17(28-3)10-22-9-16/h8-10,15,18-19H,4-7,11-14H2,1-3H3/t18-,19-/m0/s1. The van der Waals surface area contributed by atoms with E-state index < -0.39 is 20.2 Å². The Balaban J connectivity index is 1.57. The largest absolute Gasteiger partial charge is 0.614 e. The van der Waals surface area contributed by atoms with Gasteiger partial charge >= 0.3 is 0 Å². The van der Waals surface area contributed by atoms with Gasteiger partial charge in [0.25, 0.3) is 5.91 Å². The zero-order valence-corrected chi connectivity index (χ0v) is 18.7. The first-order valence-electron chi connectivity index (χ1n) is 10.6. The summed E-state index contributed by atoms with van der Waals surface area (Å²) in [4.78, 5) is 21.5. The molecule has 0 saturated carbocycles. The predicted octanol–water partition coefficient (Wildman–Crippen LogP) is 1.32. The Morgan fingerprint density at radius 1 is 1.30 bits per heavy atom. The van der Waals surface area contributed by atoms with E-state index in [2.05, 4.69) is 9.88 Å². The van der Waals surface area contributed by atoms with Crippen LogP contribution in [-0.4, -0.2) is 81.2 Å². The Hall–Kier alpha value is -1.55. The number of aromatic nitrogens is 1. The van der Waals surface area contributed by atoms with Crippen LogP contribution in [-0.2, 0) is 30.5 Å². The van der Waals surface area contributed by atoms with E-state index in [0.717, 1.165) is 18.4 Å². The van der Waals surface area contributed by atoms with E-state index in [1.165, 1.54) is 0 Å². The molecule has 1 aromatic heterocycles. The molecule has 1 amide bonds. The van der Waals surface area contributed by atoms with E-state index in [-0.39, 0.29) is 11.9 Å². The molecule has 1 unspecified atom stereocenters. The molecule has 8 nitrogen and oxygen atoms in total. The predicted molar refractivity (Wildman–Crippen MR) is 112 cm³/mol. The molecule has 0 N–H and O–H groups in total. The highest BCUT2D eigenvalue weighted by atomic mass is 32.3. The number of hydrogen-bond acceptors (Lipinski definition) is 7. The van der Waals surface area contributed by atoms with Crippen LogP contribution in [0.15, 0.2) is 18.5 Å². The molecule has 3 aliphatic heterocycles. The van der Waals surface area contributed by atoms with Crippen molar-refractivity contribution >= 4 is 16.1 Å². The van der Waals surface area contributed by atoms with Gasteiger partial charge in [-0.2, -0.15) is 0 Å². The molecule has 3 aliphatic rings. The minimum atomic E-state index is -3.60. The molecule has 0 aliphatic carbocycles. The van der Waals surface area contributed by atoms with Crippen molar-refractivity contribution in [2.24, 2.45) is 5.92 Å². The van der Waals surface area contributed by atoms with Gasteiger partial charge in [0.05, 0.1) is 29.6 Å².